The van der Waals surface area contributed by atoms with Crippen molar-refractivity contribution in [2.24, 2.45) is 0 Å². The predicted octanol–water partition coefficient (Wildman–Crippen LogP) is 6.10. The first kappa shape index (κ1) is 31.8. The molecule has 0 aliphatic heterocycles. The lowest BCUT2D eigenvalue weighted by Crippen LogP contribution is -2.19. The third-order valence-electron chi connectivity index (χ3n) is 5.96. The summed E-state index contributed by atoms with van der Waals surface area (Å²) in [4.78, 5) is 24.9. The highest BCUT2D eigenvalue weighted by Gasteiger charge is 2.12. The largest absolute Gasteiger partial charge is 0.382 e. The Balaban J connectivity index is 1.30. The summed E-state index contributed by atoms with van der Waals surface area (Å²) >= 11 is 0. The minimum absolute atomic E-state index is 0.0954. The van der Waals surface area contributed by atoms with Crippen LogP contribution in [0.15, 0.2) is 97.1 Å². The maximum Gasteiger partial charge on any atom is 0.323 e. The molecule has 0 aliphatic rings. The molecule has 44 heavy (non-hydrogen) atoms. The van der Waals surface area contributed by atoms with Crippen LogP contribution in [0.2, 0.25) is 0 Å². The Morgan fingerprint density at radius 2 is 0.864 bits per heavy atom. The summed E-state index contributed by atoms with van der Waals surface area (Å²) < 4.78 is 56.7. The van der Waals surface area contributed by atoms with Crippen LogP contribution in [0.5, 0.6) is 11.5 Å². The molecule has 0 aliphatic carbocycles. The average molecular weight is 639 g/mol. The lowest BCUT2D eigenvalue weighted by atomic mass is 10.1. The highest BCUT2D eigenvalue weighted by Crippen LogP contribution is 2.25. The van der Waals surface area contributed by atoms with Crippen LogP contribution in [0.3, 0.4) is 0 Å². The van der Waals surface area contributed by atoms with Crippen LogP contribution in [0, 0.1) is 0 Å². The van der Waals surface area contributed by atoms with Crippen LogP contribution in [-0.4, -0.2) is 40.4 Å². The van der Waals surface area contributed by atoms with Crippen LogP contribution < -0.4 is 29.6 Å². The summed E-state index contributed by atoms with van der Waals surface area (Å²) in [6, 6.07) is 25.3. The number of nitrogens with one attached hydrogen (secondary N) is 4. The van der Waals surface area contributed by atoms with Crippen molar-refractivity contribution in [2.75, 3.05) is 32.8 Å². The van der Waals surface area contributed by atoms with E-state index in [0.717, 1.165) is 11.1 Å². The molecule has 0 saturated carbocycles. The van der Waals surface area contributed by atoms with Gasteiger partial charge in [0.2, 0.25) is 0 Å². The lowest BCUT2D eigenvalue weighted by molar-refractivity contribution is 0.261. The lowest BCUT2D eigenvalue weighted by Gasteiger charge is -2.11. The van der Waals surface area contributed by atoms with E-state index in [9.17, 15) is 26.4 Å². The second kappa shape index (κ2) is 13.9. The number of benzene rings is 4. The van der Waals surface area contributed by atoms with E-state index < -0.39 is 32.3 Å². The molecule has 0 bridgehead atoms. The van der Waals surface area contributed by atoms with E-state index in [1.165, 1.54) is 38.1 Å². The van der Waals surface area contributed by atoms with E-state index in [-0.39, 0.29) is 23.0 Å². The van der Waals surface area contributed by atoms with E-state index in [1.54, 1.807) is 48.5 Å². The molecule has 0 aromatic heterocycles. The van der Waals surface area contributed by atoms with E-state index in [4.69, 9.17) is 8.37 Å². The number of anilines is 4. The van der Waals surface area contributed by atoms with Gasteiger partial charge in [0.05, 0.1) is 11.5 Å². The second-order valence-electron chi connectivity index (χ2n) is 9.23. The van der Waals surface area contributed by atoms with Crippen LogP contribution in [0.1, 0.15) is 13.8 Å². The van der Waals surface area contributed by atoms with Crippen molar-refractivity contribution in [3.8, 4) is 22.6 Å². The fraction of sp³-hybridized carbons (Fsp3) is 0.133. The molecule has 4 aromatic rings. The quantitative estimate of drug-likeness (QED) is 0.143. The van der Waals surface area contributed by atoms with E-state index >= 15 is 0 Å². The zero-order chi connectivity index (χ0) is 31.7. The summed E-state index contributed by atoms with van der Waals surface area (Å²) in [5.74, 6) is -0.164. The molecule has 0 fully saturated rings. The van der Waals surface area contributed by atoms with Crippen molar-refractivity contribution >= 4 is 55.0 Å². The molecule has 4 rings (SSSR count). The van der Waals surface area contributed by atoms with Gasteiger partial charge in [-0.3, -0.25) is 0 Å². The number of hydrogen-bond acceptors (Lipinski definition) is 8. The zero-order valence-corrected chi connectivity index (χ0v) is 25.4. The maximum absolute atomic E-state index is 12.5. The van der Waals surface area contributed by atoms with Crippen LogP contribution in [0.4, 0.5) is 32.3 Å². The fourth-order valence-corrected chi connectivity index (χ4v) is 4.77. The van der Waals surface area contributed by atoms with Gasteiger partial charge in [0.25, 0.3) is 0 Å². The fourth-order valence-electron chi connectivity index (χ4n) is 3.74. The summed E-state index contributed by atoms with van der Waals surface area (Å²) in [6.07, 6.45) is 0. The highest BCUT2D eigenvalue weighted by molar-refractivity contribution is 7.87. The molecular formula is C30H30N4O8S2. The number of hydrogen-bond donors (Lipinski definition) is 4. The van der Waals surface area contributed by atoms with E-state index in [1.807, 2.05) is 24.3 Å². The van der Waals surface area contributed by atoms with Crippen molar-refractivity contribution in [3.05, 3.63) is 97.1 Å². The Bertz CT molecular complexity index is 1710. The summed E-state index contributed by atoms with van der Waals surface area (Å²) in [5, 5.41) is 10.7. The molecule has 0 spiro atoms. The number of amides is 4. The van der Waals surface area contributed by atoms with Crippen molar-refractivity contribution < 1.29 is 34.8 Å². The summed E-state index contributed by atoms with van der Waals surface area (Å²) in [7, 11) is -7.38. The third-order valence-corrected chi connectivity index (χ3v) is 8.26. The van der Waals surface area contributed by atoms with Crippen molar-refractivity contribution in [2.45, 2.75) is 13.8 Å². The van der Waals surface area contributed by atoms with Gasteiger partial charge in [-0.15, -0.1) is 0 Å². The molecule has 0 saturated heterocycles. The highest BCUT2D eigenvalue weighted by atomic mass is 32.2. The minimum Gasteiger partial charge on any atom is -0.382 e. The number of carbonyl (C=O) groups excluding carboxylic acids is 2. The molecule has 0 atom stereocenters. The second-order valence-corrected chi connectivity index (χ2v) is 12.9. The molecule has 4 N–H and O–H groups in total. The normalized spacial score (nSPS) is 11.2. The van der Waals surface area contributed by atoms with E-state index in [0.29, 0.717) is 22.7 Å². The molecule has 230 valence electrons. The Morgan fingerprint density at radius 3 is 1.20 bits per heavy atom. The van der Waals surface area contributed by atoms with Gasteiger partial charge in [0.1, 0.15) is 11.5 Å². The van der Waals surface area contributed by atoms with Gasteiger partial charge >= 0.3 is 32.3 Å². The monoisotopic (exact) mass is 638 g/mol. The predicted molar refractivity (Wildman–Crippen MR) is 170 cm³/mol. The first-order chi connectivity index (χ1) is 20.9. The molecule has 4 aromatic carbocycles. The standard InChI is InChI=1S/C30H30N4O8S2/c1-3-43(37,38)41-27-9-5-7-25(19-27)33-29(35)31-23-15-11-21(12-16-23)22-13-17-24(18-14-22)32-30(36)34-26-8-6-10-28(20-26)42-44(39,40)4-2/h5-20H,3-4H2,1-2H3,(H2,31,33,35)(H2,32,34,36). The summed E-state index contributed by atoms with van der Waals surface area (Å²) in [6.45, 7) is 2.94. The minimum atomic E-state index is -3.69. The molecule has 0 radical (unpaired) electrons. The zero-order valence-electron chi connectivity index (χ0n) is 23.7. The van der Waals surface area contributed by atoms with Crippen molar-refractivity contribution in [1.29, 1.82) is 0 Å². The number of carbonyl (C=O) groups is 2. The SMILES string of the molecule is CCS(=O)(=O)Oc1cccc(NC(=O)Nc2ccc(-c3ccc(NC(=O)Nc4cccc(OS(=O)(=O)CC)c4)cc3)cc2)c1. The molecular weight excluding hydrogens is 608 g/mol. The van der Waals surface area contributed by atoms with Crippen LogP contribution in [-0.2, 0) is 20.2 Å². The Labute approximate surface area is 255 Å². The molecule has 4 amide bonds. The van der Waals surface area contributed by atoms with Gasteiger partial charge in [-0.1, -0.05) is 36.4 Å². The van der Waals surface area contributed by atoms with Gasteiger partial charge in [-0.25, -0.2) is 9.59 Å². The van der Waals surface area contributed by atoms with E-state index in [2.05, 4.69) is 21.3 Å². The Morgan fingerprint density at radius 1 is 0.523 bits per heavy atom. The smallest absolute Gasteiger partial charge is 0.323 e. The first-order valence-electron chi connectivity index (χ1n) is 13.3. The third kappa shape index (κ3) is 9.47. The topological polar surface area (TPSA) is 169 Å². The van der Waals surface area contributed by atoms with Gasteiger partial charge < -0.3 is 29.6 Å². The van der Waals surface area contributed by atoms with Gasteiger partial charge in [0.15, 0.2) is 0 Å². The van der Waals surface area contributed by atoms with Crippen LogP contribution >= 0.6 is 0 Å². The van der Waals surface area contributed by atoms with Gasteiger partial charge in [0, 0.05) is 34.9 Å². The average Bonchev–Trinajstić information content (AvgIpc) is 2.98. The number of urea groups is 2. The van der Waals surface area contributed by atoms with Crippen molar-refractivity contribution in [3.63, 3.8) is 0 Å². The Hall–Kier alpha value is -5.08. The van der Waals surface area contributed by atoms with Crippen LogP contribution in [0.25, 0.3) is 11.1 Å². The van der Waals surface area contributed by atoms with Gasteiger partial charge in [-0.05, 0) is 73.5 Å². The first-order valence-corrected chi connectivity index (χ1v) is 16.5. The molecule has 14 heteroatoms. The van der Waals surface area contributed by atoms with Crippen molar-refractivity contribution in [1.82, 2.24) is 0 Å². The van der Waals surface area contributed by atoms with Gasteiger partial charge in [-0.2, -0.15) is 16.8 Å². The maximum atomic E-state index is 12.5. The molecule has 0 unspecified atom stereocenters. The molecule has 0 heterocycles. The Kier molecular flexibility index (Phi) is 10.1. The molecule has 12 nitrogen and oxygen atoms in total. The number of rotatable bonds is 11. The summed E-state index contributed by atoms with van der Waals surface area (Å²) in [5.41, 5.74) is 3.51.